The Labute approximate surface area is 81.7 Å². The van der Waals surface area contributed by atoms with E-state index in [0.717, 1.165) is 6.29 Å². The summed E-state index contributed by atoms with van der Waals surface area (Å²) in [6, 6.07) is 6.28. The van der Waals surface area contributed by atoms with Crippen LogP contribution in [-0.2, 0) is 10.2 Å². The molecule has 0 radical (unpaired) electrons. The second-order valence-corrected chi connectivity index (χ2v) is 3.61. The van der Waals surface area contributed by atoms with Gasteiger partial charge < -0.3 is 4.79 Å². The Balaban J connectivity index is 3.33. The lowest BCUT2D eigenvalue weighted by Crippen LogP contribution is -2.20. The van der Waals surface area contributed by atoms with E-state index in [1.54, 1.807) is 32.0 Å². The highest BCUT2D eigenvalue weighted by Crippen LogP contribution is 2.29. The molecule has 0 bridgehead atoms. The molecule has 0 aliphatic carbocycles. The van der Waals surface area contributed by atoms with Gasteiger partial charge in [-0.15, -0.1) is 0 Å². The van der Waals surface area contributed by atoms with Crippen LogP contribution in [0, 0.1) is 10.1 Å². The molecule has 0 aliphatic rings. The van der Waals surface area contributed by atoms with Crippen LogP contribution in [0.15, 0.2) is 24.3 Å². The standard InChI is InChI=1S/C10H11NO3/c1-10(2,7-12)8-5-3-4-6-9(8)11(13)14/h3-7H,1-2H3. The van der Waals surface area contributed by atoms with E-state index in [-0.39, 0.29) is 5.69 Å². The van der Waals surface area contributed by atoms with Crippen LogP contribution in [0.25, 0.3) is 0 Å². The molecule has 1 aromatic carbocycles. The number of benzene rings is 1. The van der Waals surface area contributed by atoms with Crippen molar-refractivity contribution in [3.63, 3.8) is 0 Å². The molecule has 0 aliphatic heterocycles. The van der Waals surface area contributed by atoms with Crippen molar-refractivity contribution >= 4 is 12.0 Å². The van der Waals surface area contributed by atoms with Gasteiger partial charge in [-0.05, 0) is 13.8 Å². The lowest BCUT2D eigenvalue weighted by Gasteiger charge is -2.16. The van der Waals surface area contributed by atoms with Crippen molar-refractivity contribution in [1.82, 2.24) is 0 Å². The van der Waals surface area contributed by atoms with Crippen LogP contribution in [0.3, 0.4) is 0 Å². The van der Waals surface area contributed by atoms with Gasteiger partial charge in [0.25, 0.3) is 5.69 Å². The average molecular weight is 193 g/mol. The third-order valence-corrected chi connectivity index (χ3v) is 2.09. The predicted molar refractivity (Wildman–Crippen MR) is 52.2 cm³/mol. The normalized spacial score (nSPS) is 11.0. The Kier molecular flexibility index (Phi) is 2.65. The maximum absolute atomic E-state index is 10.8. The predicted octanol–water partition coefficient (Wildman–Crippen LogP) is 2.07. The molecule has 4 nitrogen and oxygen atoms in total. The molecule has 1 aromatic rings. The van der Waals surface area contributed by atoms with Gasteiger partial charge in [-0.3, -0.25) is 10.1 Å². The molecule has 0 saturated carbocycles. The van der Waals surface area contributed by atoms with Crippen LogP contribution < -0.4 is 0 Å². The summed E-state index contributed by atoms with van der Waals surface area (Å²) in [5.74, 6) is 0. The summed E-state index contributed by atoms with van der Waals surface area (Å²) >= 11 is 0. The number of rotatable bonds is 3. The summed E-state index contributed by atoms with van der Waals surface area (Å²) in [5, 5.41) is 10.7. The molecule has 0 aromatic heterocycles. The molecule has 14 heavy (non-hydrogen) atoms. The molecule has 0 unspecified atom stereocenters. The minimum atomic E-state index is -0.816. The molecular weight excluding hydrogens is 182 g/mol. The molecule has 1 rings (SSSR count). The zero-order chi connectivity index (χ0) is 10.8. The highest BCUT2D eigenvalue weighted by molar-refractivity contribution is 5.70. The minimum Gasteiger partial charge on any atom is -0.302 e. The van der Waals surface area contributed by atoms with E-state index in [9.17, 15) is 14.9 Å². The van der Waals surface area contributed by atoms with Crippen molar-refractivity contribution in [1.29, 1.82) is 0 Å². The first-order chi connectivity index (χ1) is 6.49. The summed E-state index contributed by atoms with van der Waals surface area (Å²) < 4.78 is 0. The van der Waals surface area contributed by atoms with E-state index in [4.69, 9.17) is 0 Å². The SMILES string of the molecule is CC(C)(C=O)c1ccccc1[N+](=O)[O-]. The molecule has 4 heteroatoms. The third-order valence-electron chi connectivity index (χ3n) is 2.09. The van der Waals surface area contributed by atoms with Crippen LogP contribution in [-0.4, -0.2) is 11.2 Å². The Morgan fingerprint density at radius 1 is 1.36 bits per heavy atom. The highest BCUT2D eigenvalue weighted by Gasteiger charge is 2.27. The number of nitrogens with zero attached hydrogens (tertiary/aromatic N) is 1. The summed E-state index contributed by atoms with van der Waals surface area (Å²) in [5.41, 5.74) is -0.381. The fourth-order valence-electron chi connectivity index (χ4n) is 1.24. The Hall–Kier alpha value is -1.71. The van der Waals surface area contributed by atoms with Gasteiger partial charge in [0.15, 0.2) is 0 Å². The monoisotopic (exact) mass is 193 g/mol. The first kappa shape index (κ1) is 10.4. The first-order valence-electron chi connectivity index (χ1n) is 4.19. The number of nitro groups is 1. The smallest absolute Gasteiger partial charge is 0.273 e. The van der Waals surface area contributed by atoms with Gasteiger partial charge in [-0.1, -0.05) is 18.2 Å². The third kappa shape index (κ3) is 1.79. The fraction of sp³-hybridized carbons (Fsp3) is 0.300. The summed E-state index contributed by atoms with van der Waals surface area (Å²) in [6.45, 7) is 3.31. The van der Waals surface area contributed by atoms with Crippen molar-refractivity contribution in [2.75, 3.05) is 0 Å². The summed E-state index contributed by atoms with van der Waals surface area (Å²) in [7, 11) is 0. The molecule has 0 amide bonds. The number of nitro benzene ring substituents is 1. The van der Waals surface area contributed by atoms with E-state index in [1.807, 2.05) is 0 Å². The van der Waals surface area contributed by atoms with Gasteiger partial charge in [-0.25, -0.2) is 0 Å². The van der Waals surface area contributed by atoms with Gasteiger partial charge in [0.2, 0.25) is 0 Å². The summed E-state index contributed by atoms with van der Waals surface area (Å²) in [6.07, 6.45) is 0.718. The van der Waals surface area contributed by atoms with Crippen LogP contribution in [0.2, 0.25) is 0 Å². The van der Waals surface area contributed by atoms with Crippen LogP contribution >= 0.6 is 0 Å². The van der Waals surface area contributed by atoms with Gasteiger partial charge in [-0.2, -0.15) is 0 Å². The zero-order valence-corrected chi connectivity index (χ0v) is 8.06. The average Bonchev–Trinajstić information content (AvgIpc) is 2.18. The first-order valence-corrected chi connectivity index (χ1v) is 4.19. The Morgan fingerprint density at radius 3 is 2.43 bits per heavy atom. The zero-order valence-electron chi connectivity index (χ0n) is 8.06. The van der Waals surface area contributed by atoms with Gasteiger partial charge >= 0.3 is 0 Å². The van der Waals surface area contributed by atoms with E-state index in [1.165, 1.54) is 6.07 Å². The molecule has 0 fully saturated rings. The largest absolute Gasteiger partial charge is 0.302 e. The van der Waals surface area contributed by atoms with Crippen molar-refractivity contribution < 1.29 is 9.72 Å². The molecule has 0 saturated heterocycles. The van der Waals surface area contributed by atoms with E-state index in [2.05, 4.69) is 0 Å². The number of para-hydroxylation sites is 1. The van der Waals surface area contributed by atoms with E-state index >= 15 is 0 Å². The molecule has 0 spiro atoms. The molecule has 0 heterocycles. The highest BCUT2D eigenvalue weighted by atomic mass is 16.6. The molecule has 0 atom stereocenters. The van der Waals surface area contributed by atoms with Crippen LogP contribution in [0.1, 0.15) is 19.4 Å². The number of hydrogen-bond donors (Lipinski definition) is 0. The maximum Gasteiger partial charge on any atom is 0.273 e. The van der Waals surface area contributed by atoms with Crippen molar-refractivity contribution in [2.24, 2.45) is 0 Å². The van der Waals surface area contributed by atoms with Crippen LogP contribution in [0.4, 0.5) is 5.69 Å². The number of carbonyl (C=O) groups is 1. The van der Waals surface area contributed by atoms with Crippen molar-refractivity contribution in [3.05, 3.63) is 39.9 Å². The quantitative estimate of drug-likeness (QED) is 0.419. The Bertz CT molecular complexity index is 371. The van der Waals surface area contributed by atoms with Crippen LogP contribution in [0.5, 0.6) is 0 Å². The van der Waals surface area contributed by atoms with E-state index < -0.39 is 10.3 Å². The molecular formula is C10H11NO3. The van der Waals surface area contributed by atoms with Crippen molar-refractivity contribution in [3.8, 4) is 0 Å². The molecule has 0 N–H and O–H groups in total. The lowest BCUT2D eigenvalue weighted by molar-refractivity contribution is -0.385. The number of carbonyl (C=O) groups excluding carboxylic acids is 1. The second-order valence-electron chi connectivity index (χ2n) is 3.61. The van der Waals surface area contributed by atoms with E-state index in [0.29, 0.717) is 5.56 Å². The van der Waals surface area contributed by atoms with Gasteiger partial charge in [0.05, 0.1) is 10.3 Å². The lowest BCUT2D eigenvalue weighted by atomic mass is 9.85. The maximum atomic E-state index is 10.8. The van der Waals surface area contributed by atoms with Gasteiger partial charge in [0, 0.05) is 11.6 Å². The summed E-state index contributed by atoms with van der Waals surface area (Å²) in [4.78, 5) is 21.0. The molecule has 74 valence electrons. The Morgan fingerprint density at radius 2 is 1.93 bits per heavy atom. The number of hydrogen-bond acceptors (Lipinski definition) is 3. The fourth-order valence-corrected chi connectivity index (χ4v) is 1.24. The second kappa shape index (κ2) is 3.57. The minimum absolute atomic E-state index is 0.00963. The number of aldehydes is 1. The topological polar surface area (TPSA) is 60.2 Å². The van der Waals surface area contributed by atoms with Gasteiger partial charge in [0.1, 0.15) is 6.29 Å². The van der Waals surface area contributed by atoms with Crippen molar-refractivity contribution in [2.45, 2.75) is 19.3 Å².